The van der Waals surface area contributed by atoms with E-state index in [9.17, 15) is 4.79 Å². The van der Waals surface area contributed by atoms with Gasteiger partial charge in [0.25, 0.3) is 0 Å². The van der Waals surface area contributed by atoms with Crippen LogP contribution in [0.2, 0.25) is 15.1 Å². The summed E-state index contributed by atoms with van der Waals surface area (Å²) < 4.78 is 7.46. The fourth-order valence-electron chi connectivity index (χ4n) is 2.20. The number of nitrogens with one attached hydrogen (secondary N) is 1. The van der Waals surface area contributed by atoms with Crippen LogP contribution in [0.1, 0.15) is 5.82 Å². The van der Waals surface area contributed by atoms with Crippen LogP contribution in [0.3, 0.4) is 0 Å². The van der Waals surface area contributed by atoms with Crippen LogP contribution in [-0.2, 0) is 18.4 Å². The Morgan fingerprint density at radius 3 is 2.57 bits per heavy atom. The van der Waals surface area contributed by atoms with Gasteiger partial charge in [-0.25, -0.2) is 0 Å². The maximum absolute atomic E-state index is 12.2. The minimum atomic E-state index is -0.254. The molecule has 2 aromatic carbocycles. The standard InChI is InChI=1S/C18H15Cl3N4O2S/c1-25-16(9-27-11-5-3-2-4-6-11)23-24-18(25)28-10-17(26)22-15-8-13(20)12(19)7-14(15)21/h2-8H,9-10H2,1H3,(H,22,26). The molecule has 10 heteroatoms. The van der Waals surface area contributed by atoms with Crippen molar-refractivity contribution in [2.24, 2.45) is 7.05 Å². The monoisotopic (exact) mass is 456 g/mol. The van der Waals surface area contributed by atoms with Crippen LogP contribution in [0, 0.1) is 0 Å². The second-order valence-electron chi connectivity index (χ2n) is 5.64. The largest absolute Gasteiger partial charge is 0.486 e. The molecule has 1 heterocycles. The van der Waals surface area contributed by atoms with Gasteiger partial charge in [0.1, 0.15) is 12.4 Å². The van der Waals surface area contributed by atoms with E-state index in [-0.39, 0.29) is 18.3 Å². The van der Waals surface area contributed by atoms with E-state index in [0.29, 0.717) is 31.7 Å². The number of rotatable bonds is 7. The summed E-state index contributed by atoms with van der Waals surface area (Å²) >= 11 is 19.2. The molecule has 1 aromatic heterocycles. The van der Waals surface area contributed by atoms with E-state index >= 15 is 0 Å². The number of thioether (sulfide) groups is 1. The highest BCUT2D eigenvalue weighted by Crippen LogP contribution is 2.32. The molecule has 0 atom stereocenters. The predicted molar refractivity (Wildman–Crippen MR) is 113 cm³/mol. The first-order valence-electron chi connectivity index (χ1n) is 8.07. The number of carbonyl (C=O) groups is 1. The number of ether oxygens (including phenoxy) is 1. The predicted octanol–water partition coefficient (Wildman–Crippen LogP) is 5.09. The minimum Gasteiger partial charge on any atom is -0.486 e. The molecule has 0 bridgehead atoms. The number of anilines is 1. The fourth-order valence-corrected chi connectivity index (χ4v) is 3.52. The van der Waals surface area contributed by atoms with E-state index in [1.165, 1.54) is 23.9 Å². The quantitative estimate of drug-likeness (QED) is 0.395. The van der Waals surface area contributed by atoms with Crippen molar-refractivity contribution in [1.29, 1.82) is 0 Å². The average molecular weight is 458 g/mol. The number of nitrogens with zero attached hydrogens (tertiary/aromatic N) is 3. The summed E-state index contributed by atoms with van der Waals surface area (Å²) in [5, 5.41) is 12.5. The maximum atomic E-state index is 12.2. The van der Waals surface area contributed by atoms with Gasteiger partial charge < -0.3 is 14.6 Å². The topological polar surface area (TPSA) is 69.0 Å². The van der Waals surface area contributed by atoms with Crippen LogP contribution in [0.5, 0.6) is 5.75 Å². The summed E-state index contributed by atoms with van der Waals surface area (Å²) in [5.74, 6) is 1.27. The highest BCUT2D eigenvalue weighted by atomic mass is 35.5. The van der Waals surface area contributed by atoms with Crippen molar-refractivity contribution in [3.05, 3.63) is 63.4 Å². The molecule has 1 amide bonds. The Labute approximate surface area is 181 Å². The molecule has 0 saturated carbocycles. The molecular formula is C18H15Cl3N4O2S. The normalized spacial score (nSPS) is 10.7. The summed E-state index contributed by atoms with van der Waals surface area (Å²) in [5.41, 5.74) is 0.400. The molecule has 0 radical (unpaired) electrons. The lowest BCUT2D eigenvalue weighted by molar-refractivity contribution is -0.113. The van der Waals surface area contributed by atoms with Crippen molar-refractivity contribution < 1.29 is 9.53 Å². The smallest absolute Gasteiger partial charge is 0.234 e. The number of carbonyl (C=O) groups excluding carboxylic acids is 1. The maximum Gasteiger partial charge on any atom is 0.234 e. The van der Waals surface area contributed by atoms with Crippen molar-refractivity contribution in [3.63, 3.8) is 0 Å². The summed E-state index contributed by atoms with van der Waals surface area (Å²) in [7, 11) is 1.82. The zero-order chi connectivity index (χ0) is 20.1. The van der Waals surface area contributed by atoms with Crippen molar-refractivity contribution in [2.45, 2.75) is 11.8 Å². The van der Waals surface area contributed by atoms with Gasteiger partial charge in [0, 0.05) is 7.05 Å². The second-order valence-corrected chi connectivity index (χ2v) is 7.81. The Bertz CT molecular complexity index is 982. The van der Waals surface area contributed by atoms with Crippen LogP contribution in [0.4, 0.5) is 5.69 Å². The molecule has 0 aliphatic carbocycles. The van der Waals surface area contributed by atoms with E-state index < -0.39 is 0 Å². The van der Waals surface area contributed by atoms with E-state index in [0.717, 1.165) is 5.75 Å². The number of aromatic nitrogens is 3. The fraction of sp³-hybridized carbons (Fsp3) is 0.167. The van der Waals surface area contributed by atoms with Gasteiger partial charge in [-0.1, -0.05) is 64.8 Å². The number of amides is 1. The summed E-state index contributed by atoms with van der Waals surface area (Å²) in [6.07, 6.45) is 0. The average Bonchev–Trinajstić information content (AvgIpc) is 3.03. The van der Waals surface area contributed by atoms with Gasteiger partial charge in [0.15, 0.2) is 11.0 Å². The molecule has 0 saturated heterocycles. The van der Waals surface area contributed by atoms with E-state index in [1.807, 2.05) is 37.4 Å². The SMILES string of the molecule is Cn1c(COc2ccccc2)nnc1SCC(=O)Nc1cc(Cl)c(Cl)cc1Cl. The Kier molecular flexibility index (Phi) is 7.07. The van der Waals surface area contributed by atoms with Crippen molar-refractivity contribution in [3.8, 4) is 5.75 Å². The third-order valence-electron chi connectivity index (χ3n) is 3.65. The third kappa shape index (κ3) is 5.32. The van der Waals surface area contributed by atoms with Crippen LogP contribution in [0.15, 0.2) is 47.6 Å². The Morgan fingerprint density at radius 1 is 1.11 bits per heavy atom. The molecule has 1 N–H and O–H groups in total. The molecule has 6 nitrogen and oxygen atoms in total. The number of hydrogen-bond acceptors (Lipinski definition) is 5. The third-order valence-corrected chi connectivity index (χ3v) is 5.71. The molecule has 0 unspecified atom stereocenters. The van der Waals surface area contributed by atoms with Crippen LogP contribution < -0.4 is 10.1 Å². The van der Waals surface area contributed by atoms with E-state index in [4.69, 9.17) is 39.5 Å². The second kappa shape index (κ2) is 9.52. The van der Waals surface area contributed by atoms with Gasteiger partial charge in [-0.15, -0.1) is 10.2 Å². The van der Waals surface area contributed by atoms with Crippen molar-refractivity contribution in [2.75, 3.05) is 11.1 Å². The molecule has 146 valence electrons. The molecule has 0 spiro atoms. The van der Waals surface area contributed by atoms with Crippen molar-refractivity contribution >= 4 is 58.2 Å². The lowest BCUT2D eigenvalue weighted by Crippen LogP contribution is -2.15. The van der Waals surface area contributed by atoms with Gasteiger partial charge >= 0.3 is 0 Å². The molecule has 0 fully saturated rings. The molecule has 28 heavy (non-hydrogen) atoms. The first kappa shape index (κ1) is 20.8. The van der Waals surface area contributed by atoms with Crippen LogP contribution >= 0.6 is 46.6 Å². The molecule has 3 rings (SSSR count). The molecular weight excluding hydrogens is 443 g/mol. The van der Waals surface area contributed by atoms with Gasteiger partial charge in [-0.3, -0.25) is 4.79 Å². The van der Waals surface area contributed by atoms with E-state index in [1.54, 1.807) is 4.57 Å². The summed E-state index contributed by atoms with van der Waals surface area (Å²) in [6, 6.07) is 12.4. The van der Waals surface area contributed by atoms with Gasteiger partial charge in [0.2, 0.25) is 5.91 Å². The van der Waals surface area contributed by atoms with Crippen LogP contribution in [-0.4, -0.2) is 26.4 Å². The highest BCUT2D eigenvalue weighted by molar-refractivity contribution is 7.99. The number of para-hydroxylation sites is 1. The molecule has 0 aliphatic heterocycles. The Balaban J connectivity index is 1.55. The van der Waals surface area contributed by atoms with Crippen LogP contribution in [0.25, 0.3) is 0 Å². The van der Waals surface area contributed by atoms with Gasteiger partial charge in [-0.05, 0) is 24.3 Å². The highest BCUT2D eigenvalue weighted by Gasteiger charge is 2.14. The Morgan fingerprint density at radius 2 is 1.82 bits per heavy atom. The summed E-state index contributed by atoms with van der Waals surface area (Å²) in [4.78, 5) is 12.2. The first-order chi connectivity index (χ1) is 13.4. The molecule has 3 aromatic rings. The zero-order valence-corrected chi connectivity index (χ0v) is 17.7. The number of benzene rings is 2. The lowest BCUT2D eigenvalue weighted by atomic mass is 10.3. The summed E-state index contributed by atoms with van der Waals surface area (Å²) in [6.45, 7) is 0.277. The number of hydrogen-bond donors (Lipinski definition) is 1. The zero-order valence-electron chi connectivity index (χ0n) is 14.7. The van der Waals surface area contributed by atoms with Crippen molar-refractivity contribution in [1.82, 2.24) is 14.8 Å². The van der Waals surface area contributed by atoms with Gasteiger partial charge in [-0.2, -0.15) is 0 Å². The lowest BCUT2D eigenvalue weighted by Gasteiger charge is -2.09. The number of halogens is 3. The van der Waals surface area contributed by atoms with Gasteiger partial charge in [0.05, 0.1) is 26.5 Å². The molecule has 0 aliphatic rings. The first-order valence-corrected chi connectivity index (χ1v) is 10.2. The van der Waals surface area contributed by atoms with E-state index in [2.05, 4.69) is 15.5 Å². The Hall–Kier alpha value is -1.93. The minimum absolute atomic E-state index is 0.127.